The Morgan fingerprint density at radius 1 is 1.11 bits per heavy atom. The van der Waals surface area contributed by atoms with Crippen molar-refractivity contribution in [1.82, 2.24) is 20.0 Å². The van der Waals surface area contributed by atoms with E-state index in [1.807, 2.05) is 38.2 Å². The molecule has 1 unspecified atom stereocenters. The molecule has 1 saturated heterocycles. The number of phenols is 1. The summed E-state index contributed by atoms with van der Waals surface area (Å²) in [7, 11) is 3.96. The van der Waals surface area contributed by atoms with Gasteiger partial charge in [-0.05, 0) is 88.3 Å². The van der Waals surface area contributed by atoms with Crippen molar-refractivity contribution >= 4 is 5.91 Å². The Labute approximate surface area is 217 Å². The van der Waals surface area contributed by atoms with Gasteiger partial charge in [-0.1, -0.05) is 35.7 Å². The number of aryl methyl sites for hydroxylation is 2. The predicted molar refractivity (Wildman–Crippen MR) is 141 cm³/mol. The quantitative estimate of drug-likeness (QED) is 0.500. The molecule has 1 aliphatic heterocycles. The van der Waals surface area contributed by atoms with Crippen molar-refractivity contribution in [3.05, 3.63) is 81.9 Å². The first kappa shape index (κ1) is 25.0. The van der Waals surface area contributed by atoms with Crippen molar-refractivity contribution in [3.8, 4) is 17.6 Å². The van der Waals surface area contributed by atoms with Gasteiger partial charge in [0.25, 0.3) is 5.91 Å². The molecular weight excluding hydrogens is 467 g/mol. The van der Waals surface area contributed by atoms with E-state index in [0.29, 0.717) is 17.2 Å². The van der Waals surface area contributed by atoms with Crippen LogP contribution in [0, 0.1) is 30.5 Å². The molecule has 3 aromatic rings. The van der Waals surface area contributed by atoms with Gasteiger partial charge < -0.3 is 15.3 Å². The highest BCUT2D eigenvalue weighted by molar-refractivity contribution is 5.95. The van der Waals surface area contributed by atoms with Crippen LogP contribution in [0.3, 0.4) is 0 Å². The molecule has 2 fully saturated rings. The smallest absolute Gasteiger partial charge is 0.272 e. The van der Waals surface area contributed by atoms with Gasteiger partial charge in [0.05, 0.1) is 6.04 Å². The zero-order chi connectivity index (χ0) is 26.1. The summed E-state index contributed by atoms with van der Waals surface area (Å²) < 4.78 is 15.9. The molecule has 1 atom stereocenters. The lowest BCUT2D eigenvalue weighted by molar-refractivity contribution is 0.0936. The average Bonchev–Trinajstić information content (AvgIpc) is 3.67. The highest BCUT2D eigenvalue weighted by Gasteiger charge is 2.35. The molecule has 2 heterocycles. The van der Waals surface area contributed by atoms with Crippen LogP contribution in [-0.2, 0) is 7.05 Å². The van der Waals surface area contributed by atoms with Crippen molar-refractivity contribution < 1.29 is 14.3 Å². The number of nitrogens with one attached hydrogen (secondary N) is 1. The van der Waals surface area contributed by atoms with E-state index in [1.165, 1.54) is 18.2 Å². The van der Waals surface area contributed by atoms with E-state index in [4.69, 9.17) is 0 Å². The number of aromatic nitrogens is 2. The van der Waals surface area contributed by atoms with Gasteiger partial charge in [-0.2, -0.15) is 5.10 Å². The van der Waals surface area contributed by atoms with Gasteiger partial charge in [0.15, 0.2) is 5.69 Å². The summed E-state index contributed by atoms with van der Waals surface area (Å²) in [5, 5.41) is 18.2. The number of phenolic OH excluding ortho intramolecular Hbond substituents is 1. The third-order valence-corrected chi connectivity index (χ3v) is 7.38. The van der Waals surface area contributed by atoms with Crippen LogP contribution in [0.25, 0.3) is 0 Å². The van der Waals surface area contributed by atoms with Crippen LogP contribution in [0.5, 0.6) is 5.75 Å². The fourth-order valence-corrected chi connectivity index (χ4v) is 4.99. The zero-order valence-electron chi connectivity index (χ0n) is 21.6. The molecule has 6 nitrogen and oxygen atoms in total. The molecule has 2 N–H and O–H groups in total. The van der Waals surface area contributed by atoms with Gasteiger partial charge in [-0.3, -0.25) is 9.48 Å². The summed E-state index contributed by atoms with van der Waals surface area (Å²) in [6.45, 7) is 4.06. The highest BCUT2D eigenvalue weighted by Crippen LogP contribution is 2.43. The maximum absolute atomic E-state index is 14.2. The van der Waals surface area contributed by atoms with Gasteiger partial charge >= 0.3 is 0 Å². The number of benzene rings is 2. The lowest BCUT2D eigenvalue weighted by Crippen LogP contribution is -2.30. The normalized spacial score (nSPS) is 17.2. The van der Waals surface area contributed by atoms with E-state index in [0.717, 1.165) is 61.2 Å². The first-order valence-corrected chi connectivity index (χ1v) is 12.9. The van der Waals surface area contributed by atoms with Crippen molar-refractivity contribution in [2.45, 2.75) is 44.6 Å². The summed E-state index contributed by atoms with van der Waals surface area (Å²) in [6.07, 6.45) is 4.09. The number of aromatic hydroxyl groups is 1. The summed E-state index contributed by atoms with van der Waals surface area (Å²) in [4.78, 5) is 16.0. The zero-order valence-corrected chi connectivity index (χ0v) is 21.6. The fraction of sp³-hybridized carbons (Fsp3) is 0.400. The van der Waals surface area contributed by atoms with Crippen LogP contribution in [0.2, 0.25) is 0 Å². The molecule has 1 aliphatic carbocycles. The van der Waals surface area contributed by atoms with Crippen molar-refractivity contribution in [1.29, 1.82) is 0 Å². The number of likely N-dealkylation sites (tertiary alicyclic amines) is 1. The second-order valence-electron chi connectivity index (χ2n) is 10.4. The maximum atomic E-state index is 14.2. The number of halogens is 1. The third kappa shape index (κ3) is 5.55. The summed E-state index contributed by atoms with van der Waals surface area (Å²) in [5.74, 6) is 6.48. The van der Waals surface area contributed by atoms with Gasteiger partial charge in [-0.15, -0.1) is 0 Å². The minimum absolute atomic E-state index is 0.0830. The van der Waals surface area contributed by atoms with E-state index < -0.39 is 11.9 Å². The molecule has 37 heavy (non-hydrogen) atoms. The average molecular weight is 501 g/mol. The fourth-order valence-electron chi connectivity index (χ4n) is 4.99. The number of rotatable bonds is 5. The van der Waals surface area contributed by atoms with E-state index in [1.54, 1.807) is 4.68 Å². The number of hydrogen-bond acceptors (Lipinski definition) is 4. The second-order valence-corrected chi connectivity index (χ2v) is 10.4. The standard InChI is InChI=1S/C30H33FN4O2/c1-19-4-7-22(8-5-19)28(24-18-23(31)11-13-26(24)36)32-30(37)29-27(21-9-10-21)25(35(3)33-29)12-6-20-14-16-34(2)17-15-20/h4-5,7-8,11,13,18,20-21,28,36H,9-10,14-17H2,1-3H3,(H,32,37). The Balaban J connectivity index is 1.48. The Bertz CT molecular complexity index is 1360. The minimum atomic E-state index is -0.744. The molecule has 1 aromatic heterocycles. The van der Waals surface area contributed by atoms with Crippen molar-refractivity contribution in [2.75, 3.05) is 20.1 Å². The van der Waals surface area contributed by atoms with Gasteiger partial charge in [-0.25, -0.2) is 4.39 Å². The molecule has 0 radical (unpaired) electrons. The topological polar surface area (TPSA) is 70.4 Å². The van der Waals surface area contributed by atoms with Crippen LogP contribution in [0.15, 0.2) is 42.5 Å². The Hall–Kier alpha value is -3.63. The number of carbonyl (C=O) groups is 1. The molecule has 2 aliphatic rings. The number of carbonyl (C=O) groups excluding carboxylic acids is 1. The molecule has 1 saturated carbocycles. The molecule has 192 valence electrons. The summed E-state index contributed by atoms with van der Waals surface area (Å²) >= 11 is 0. The van der Waals surface area contributed by atoms with Crippen LogP contribution in [0.4, 0.5) is 4.39 Å². The SMILES string of the molecule is Cc1ccc(C(NC(=O)c2nn(C)c(C#CC3CCN(C)CC3)c2C2CC2)c2cc(F)ccc2O)cc1. The van der Waals surface area contributed by atoms with Gasteiger partial charge in [0.2, 0.25) is 0 Å². The Morgan fingerprint density at radius 2 is 1.81 bits per heavy atom. The number of hydrogen-bond donors (Lipinski definition) is 2. The first-order valence-electron chi connectivity index (χ1n) is 12.9. The molecule has 2 aromatic carbocycles. The maximum Gasteiger partial charge on any atom is 0.272 e. The van der Waals surface area contributed by atoms with Crippen LogP contribution in [-0.4, -0.2) is 45.8 Å². The molecule has 0 spiro atoms. The summed E-state index contributed by atoms with van der Waals surface area (Å²) in [5.41, 5.74) is 4.14. The largest absolute Gasteiger partial charge is 0.508 e. The van der Waals surface area contributed by atoms with E-state index >= 15 is 0 Å². The van der Waals surface area contributed by atoms with Crippen LogP contribution in [0.1, 0.15) is 76.1 Å². The Kier molecular flexibility index (Phi) is 7.03. The van der Waals surface area contributed by atoms with E-state index in [-0.39, 0.29) is 17.6 Å². The monoisotopic (exact) mass is 500 g/mol. The molecule has 0 bridgehead atoms. The minimum Gasteiger partial charge on any atom is -0.508 e. The van der Waals surface area contributed by atoms with E-state index in [9.17, 15) is 14.3 Å². The molecule has 1 amide bonds. The first-order chi connectivity index (χ1) is 17.8. The highest BCUT2D eigenvalue weighted by atomic mass is 19.1. The van der Waals surface area contributed by atoms with Crippen molar-refractivity contribution in [2.24, 2.45) is 13.0 Å². The van der Waals surface area contributed by atoms with Crippen LogP contribution >= 0.6 is 0 Å². The lowest BCUT2D eigenvalue weighted by atomic mass is 9.96. The lowest BCUT2D eigenvalue weighted by Gasteiger charge is -2.25. The van der Waals surface area contributed by atoms with Gasteiger partial charge in [0, 0.05) is 24.1 Å². The summed E-state index contributed by atoms with van der Waals surface area (Å²) in [6, 6.07) is 10.6. The molecule has 7 heteroatoms. The van der Waals surface area contributed by atoms with Crippen molar-refractivity contribution in [3.63, 3.8) is 0 Å². The number of nitrogens with zero attached hydrogens (tertiary/aromatic N) is 3. The predicted octanol–water partition coefficient (Wildman–Crippen LogP) is 4.66. The van der Waals surface area contributed by atoms with E-state index in [2.05, 4.69) is 34.2 Å². The molecular formula is C30H33FN4O2. The third-order valence-electron chi connectivity index (χ3n) is 7.38. The van der Waals surface area contributed by atoms with Crippen LogP contribution < -0.4 is 5.32 Å². The number of piperidine rings is 1. The Morgan fingerprint density at radius 3 is 2.49 bits per heavy atom. The molecule has 5 rings (SSSR count). The second kappa shape index (κ2) is 10.4. The number of amides is 1. The van der Waals surface area contributed by atoms with Gasteiger partial charge in [0.1, 0.15) is 17.3 Å².